The Labute approximate surface area is 130 Å². The number of hydrogen-bond acceptors (Lipinski definition) is 2. The van der Waals surface area contributed by atoms with Gasteiger partial charge in [-0.3, -0.25) is 9.78 Å². The first-order chi connectivity index (χ1) is 10.3. The second-order valence-corrected chi connectivity index (χ2v) is 5.11. The van der Waals surface area contributed by atoms with Crippen molar-refractivity contribution in [3.63, 3.8) is 0 Å². The molecule has 0 spiro atoms. The second kappa shape index (κ2) is 6.36. The van der Waals surface area contributed by atoms with E-state index in [0.29, 0.717) is 5.02 Å². The lowest BCUT2D eigenvalue weighted by Crippen LogP contribution is -2.28. The number of aromatic nitrogens is 1. The van der Waals surface area contributed by atoms with Gasteiger partial charge in [0.05, 0.1) is 5.56 Å². The van der Waals surface area contributed by atoms with Gasteiger partial charge in [0, 0.05) is 24.8 Å². The molecule has 1 aromatic carbocycles. The van der Waals surface area contributed by atoms with E-state index in [9.17, 15) is 18.0 Å². The molecular weight excluding hydrogens is 317 g/mol. The molecule has 0 aliphatic rings. The van der Waals surface area contributed by atoms with E-state index >= 15 is 0 Å². The van der Waals surface area contributed by atoms with Crippen LogP contribution in [0.1, 0.15) is 21.6 Å². The van der Waals surface area contributed by atoms with Gasteiger partial charge in [-0.1, -0.05) is 29.8 Å². The van der Waals surface area contributed by atoms with Crippen molar-refractivity contribution >= 4 is 17.5 Å². The normalized spacial score (nSPS) is 11.3. The van der Waals surface area contributed by atoms with E-state index in [-0.39, 0.29) is 17.8 Å². The predicted octanol–water partition coefficient (Wildman–Crippen LogP) is 4.03. The Bertz CT molecular complexity index is 688. The molecule has 0 aliphatic heterocycles. The highest BCUT2D eigenvalue weighted by atomic mass is 35.5. The molecule has 0 unspecified atom stereocenters. The summed E-state index contributed by atoms with van der Waals surface area (Å²) in [5, 5.41) is 0.336. The third kappa shape index (κ3) is 3.76. The van der Waals surface area contributed by atoms with Gasteiger partial charge < -0.3 is 4.90 Å². The van der Waals surface area contributed by atoms with E-state index in [1.165, 1.54) is 48.5 Å². The van der Waals surface area contributed by atoms with Crippen LogP contribution in [-0.2, 0) is 12.7 Å². The standard InChI is InChI=1S/C15H12ClF3N2O/c1-21(14(22)13-8-11(16)6-7-20-13)9-10-4-2-3-5-12(10)15(17,18)19/h2-8H,9H2,1H3. The van der Waals surface area contributed by atoms with Crippen LogP contribution >= 0.6 is 11.6 Å². The molecule has 1 amide bonds. The SMILES string of the molecule is CN(Cc1ccccc1C(F)(F)F)C(=O)c1cc(Cl)ccn1. The quantitative estimate of drug-likeness (QED) is 0.852. The monoisotopic (exact) mass is 328 g/mol. The van der Waals surface area contributed by atoms with Crippen molar-refractivity contribution in [2.75, 3.05) is 7.05 Å². The first-order valence-corrected chi connectivity index (χ1v) is 6.69. The van der Waals surface area contributed by atoms with Gasteiger partial charge in [0.1, 0.15) is 5.69 Å². The molecule has 0 N–H and O–H groups in total. The van der Waals surface area contributed by atoms with Gasteiger partial charge in [0.2, 0.25) is 0 Å². The highest BCUT2D eigenvalue weighted by Crippen LogP contribution is 2.32. The fourth-order valence-electron chi connectivity index (χ4n) is 1.98. The van der Waals surface area contributed by atoms with E-state index in [1.54, 1.807) is 0 Å². The third-order valence-electron chi connectivity index (χ3n) is 3.02. The van der Waals surface area contributed by atoms with Crippen molar-refractivity contribution in [2.24, 2.45) is 0 Å². The summed E-state index contributed by atoms with van der Waals surface area (Å²) >= 11 is 5.78. The summed E-state index contributed by atoms with van der Waals surface area (Å²) in [6.07, 6.45) is -3.10. The second-order valence-electron chi connectivity index (χ2n) is 4.68. The maximum absolute atomic E-state index is 12.9. The summed E-state index contributed by atoms with van der Waals surface area (Å²) in [6.45, 7) is -0.178. The Morgan fingerprint density at radius 1 is 1.27 bits per heavy atom. The number of hydrogen-bond donors (Lipinski definition) is 0. The van der Waals surface area contributed by atoms with Crippen molar-refractivity contribution < 1.29 is 18.0 Å². The minimum atomic E-state index is -4.46. The maximum atomic E-state index is 12.9. The number of pyridine rings is 1. The van der Waals surface area contributed by atoms with Crippen LogP contribution in [-0.4, -0.2) is 22.8 Å². The molecule has 0 bridgehead atoms. The van der Waals surface area contributed by atoms with Crippen LogP contribution < -0.4 is 0 Å². The Morgan fingerprint density at radius 2 is 1.95 bits per heavy atom. The number of halogens is 4. The fourth-order valence-corrected chi connectivity index (χ4v) is 2.14. The molecule has 7 heteroatoms. The average Bonchev–Trinajstić information content (AvgIpc) is 2.46. The molecule has 3 nitrogen and oxygen atoms in total. The lowest BCUT2D eigenvalue weighted by atomic mass is 10.1. The fraction of sp³-hybridized carbons (Fsp3) is 0.200. The van der Waals surface area contributed by atoms with Crippen LogP contribution in [0.5, 0.6) is 0 Å². The number of carbonyl (C=O) groups excluding carboxylic acids is 1. The molecule has 0 fully saturated rings. The van der Waals surface area contributed by atoms with Crippen LogP contribution in [0.2, 0.25) is 5.02 Å². The van der Waals surface area contributed by atoms with E-state index < -0.39 is 17.6 Å². The predicted molar refractivity (Wildman–Crippen MR) is 76.5 cm³/mol. The Morgan fingerprint density at radius 3 is 2.59 bits per heavy atom. The van der Waals surface area contributed by atoms with Crippen LogP contribution in [0, 0.1) is 0 Å². The first-order valence-electron chi connectivity index (χ1n) is 6.31. The number of benzene rings is 1. The molecule has 0 radical (unpaired) electrons. The summed E-state index contributed by atoms with van der Waals surface area (Å²) in [6, 6.07) is 8.03. The number of carbonyl (C=O) groups is 1. The largest absolute Gasteiger partial charge is 0.416 e. The van der Waals surface area contributed by atoms with Crippen molar-refractivity contribution in [1.29, 1.82) is 0 Å². The maximum Gasteiger partial charge on any atom is 0.416 e. The van der Waals surface area contributed by atoms with Gasteiger partial charge in [-0.15, -0.1) is 0 Å². The van der Waals surface area contributed by atoms with Crippen LogP contribution in [0.3, 0.4) is 0 Å². The topological polar surface area (TPSA) is 33.2 Å². The van der Waals surface area contributed by atoms with Crippen molar-refractivity contribution in [3.05, 3.63) is 64.4 Å². The van der Waals surface area contributed by atoms with Crippen molar-refractivity contribution in [3.8, 4) is 0 Å². The molecule has 116 valence electrons. The molecule has 0 aliphatic carbocycles. The van der Waals surface area contributed by atoms with Crippen LogP contribution in [0.4, 0.5) is 13.2 Å². The molecule has 2 rings (SSSR count). The minimum absolute atomic E-state index is 0.0212. The summed E-state index contributed by atoms with van der Waals surface area (Å²) < 4.78 is 38.8. The zero-order valence-corrected chi connectivity index (χ0v) is 12.3. The van der Waals surface area contributed by atoms with Gasteiger partial charge in [-0.25, -0.2) is 0 Å². The number of rotatable bonds is 3. The summed E-state index contributed by atoms with van der Waals surface area (Å²) in [4.78, 5) is 17.2. The highest BCUT2D eigenvalue weighted by molar-refractivity contribution is 6.30. The van der Waals surface area contributed by atoms with Gasteiger partial charge >= 0.3 is 6.18 Å². The van der Waals surface area contributed by atoms with Crippen molar-refractivity contribution in [2.45, 2.75) is 12.7 Å². The molecule has 0 saturated heterocycles. The lowest BCUT2D eigenvalue weighted by Gasteiger charge is -2.20. The van der Waals surface area contributed by atoms with Gasteiger partial charge in [-0.05, 0) is 23.8 Å². The lowest BCUT2D eigenvalue weighted by molar-refractivity contribution is -0.138. The molecule has 0 saturated carbocycles. The van der Waals surface area contributed by atoms with Gasteiger partial charge in [-0.2, -0.15) is 13.2 Å². The Kier molecular flexibility index (Phi) is 4.71. The first kappa shape index (κ1) is 16.3. The summed E-state index contributed by atoms with van der Waals surface area (Å²) in [7, 11) is 1.41. The number of nitrogens with zero attached hydrogens (tertiary/aromatic N) is 2. The van der Waals surface area contributed by atoms with Crippen LogP contribution in [0.25, 0.3) is 0 Å². The van der Waals surface area contributed by atoms with Gasteiger partial charge in [0.15, 0.2) is 0 Å². The van der Waals surface area contributed by atoms with E-state index in [4.69, 9.17) is 11.6 Å². The summed E-state index contributed by atoms with van der Waals surface area (Å²) in [5.74, 6) is -0.500. The molecule has 2 aromatic rings. The number of alkyl halides is 3. The van der Waals surface area contributed by atoms with E-state index in [1.807, 2.05) is 0 Å². The Balaban J connectivity index is 2.23. The van der Waals surface area contributed by atoms with Crippen molar-refractivity contribution in [1.82, 2.24) is 9.88 Å². The molecule has 1 heterocycles. The Hall–Kier alpha value is -2.08. The van der Waals surface area contributed by atoms with Crippen LogP contribution in [0.15, 0.2) is 42.6 Å². The van der Waals surface area contributed by atoms with Gasteiger partial charge in [0.25, 0.3) is 5.91 Å². The molecule has 0 atom stereocenters. The average molecular weight is 329 g/mol. The number of amides is 1. The zero-order chi connectivity index (χ0) is 16.3. The zero-order valence-electron chi connectivity index (χ0n) is 11.6. The minimum Gasteiger partial charge on any atom is -0.336 e. The molecule has 22 heavy (non-hydrogen) atoms. The third-order valence-corrected chi connectivity index (χ3v) is 3.25. The van der Waals surface area contributed by atoms with E-state index in [2.05, 4.69) is 4.98 Å². The summed E-state index contributed by atoms with van der Waals surface area (Å²) in [5.41, 5.74) is -0.652. The van der Waals surface area contributed by atoms with E-state index in [0.717, 1.165) is 6.07 Å². The molecular formula is C15H12ClF3N2O. The smallest absolute Gasteiger partial charge is 0.336 e. The molecule has 1 aromatic heterocycles. The highest BCUT2D eigenvalue weighted by Gasteiger charge is 2.33.